The van der Waals surface area contributed by atoms with E-state index in [1.807, 2.05) is 67.6 Å². The molecule has 1 saturated heterocycles. The Morgan fingerprint density at radius 1 is 1.17 bits per heavy atom. The molecule has 4 heteroatoms. The first-order valence-corrected chi connectivity index (χ1v) is 8.32. The van der Waals surface area contributed by atoms with Crippen LogP contribution >= 0.6 is 0 Å². The first kappa shape index (κ1) is 16.7. The highest BCUT2D eigenvalue weighted by Gasteiger charge is 2.48. The number of rotatable bonds is 5. The van der Waals surface area contributed by atoms with Crippen LogP contribution in [0.3, 0.4) is 0 Å². The van der Waals surface area contributed by atoms with E-state index < -0.39 is 5.54 Å². The van der Waals surface area contributed by atoms with Crippen molar-refractivity contribution in [3.8, 4) is 0 Å². The average Bonchev–Trinajstić information content (AvgIpc) is 2.94. The molecular weight excluding hydrogens is 302 g/mol. The van der Waals surface area contributed by atoms with E-state index in [4.69, 9.17) is 9.57 Å². The summed E-state index contributed by atoms with van der Waals surface area (Å²) >= 11 is 0. The summed E-state index contributed by atoms with van der Waals surface area (Å²) in [6, 6.07) is 20.2. The van der Waals surface area contributed by atoms with Crippen LogP contribution in [0, 0.1) is 0 Å². The predicted molar refractivity (Wildman–Crippen MR) is 92.0 cm³/mol. The van der Waals surface area contributed by atoms with Crippen LogP contribution in [0.25, 0.3) is 0 Å². The molecule has 126 valence electrons. The fraction of sp³-hybridized carbons (Fsp3) is 0.350. The number of ether oxygens (including phenoxy) is 1. The summed E-state index contributed by atoms with van der Waals surface area (Å²) in [6.07, 6.45) is 0.895. The van der Waals surface area contributed by atoms with E-state index in [2.05, 4.69) is 12.1 Å². The second kappa shape index (κ2) is 7.16. The van der Waals surface area contributed by atoms with Crippen LogP contribution in [-0.4, -0.2) is 24.7 Å². The topological polar surface area (TPSA) is 38.8 Å². The normalized spacial score (nSPS) is 24.0. The van der Waals surface area contributed by atoms with Gasteiger partial charge in [0.15, 0.2) is 0 Å². The Morgan fingerprint density at radius 3 is 2.42 bits per heavy atom. The van der Waals surface area contributed by atoms with Crippen LogP contribution in [0.5, 0.6) is 0 Å². The van der Waals surface area contributed by atoms with Gasteiger partial charge in [-0.25, -0.2) is 0 Å². The van der Waals surface area contributed by atoms with Gasteiger partial charge in [-0.15, -0.1) is 0 Å². The van der Waals surface area contributed by atoms with Crippen molar-refractivity contribution in [1.29, 1.82) is 0 Å². The molecule has 0 bridgehead atoms. The van der Waals surface area contributed by atoms with Gasteiger partial charge in [0.1, 0.15) is 6.10 Å². The second-order valence-electron chi connectivity index (χ2n) is 6.09. The number of esters is 1. The summed E-state index contributed by atoms with van der Waals surface area (Å²) in [5.41, 5.74) is 1.67. The van der Waals surface area contributed by atoms with Crippen LogP contribution in [0.1, 0.15) is 37.0 Å². The minimum absolute atomic E-state index is 0.0779. The molecule has 24 heavy (non-hydrogen) atoms. The van der Waals surface area contributed by atoms with Crippen molar-refractivity contribution in [1.82, 2.24) is 5.06 Å². The fourth-order valence-corrected chi connectivity index (χ4v) is 3.40. The summed E-state index contributed by atoms with van der Waals surface area (Å²) in [5, 5.41) is 1.83. The minimum Gasteiger partial charge on any atom is -0.466 e. The molecule has 0 saturated carbocycles. The third kappa shape index (κ3) is 3.21. The smallest absolute Gasteiger partial charge is 0.308 e. The third-order valence-corrected chi connectivity index (χ3v) is 4.64. The highest BCUT2D eigenvalue weighted by atomic mass is 16.7. The second-order valence-corrected chi connectivity index (χ2v) is 6.09. The molecule has 0 amide bonds. The molecule has 1 heterocycles. The number of hydrogen-bond donors (Lipinski definition) is 0. The Balaban J connectivity index is 1.94. The number of nitrogens with zero attached hydrogens (tertiary/aromatic N) is 1. The maximum atomic E-state index is 12.3. The van der Waals surface area contributed by atoms with E-state index >= 15 is 0 Å². The van der Waals surface area contributed by atoms with E-state index in [9.17, 15) is 4.79 Å². The van der Waals surface area contributed by atoms with Crippen molar-refractivity contribution in [2.45, 2.75) is 31.4 Å². The maximum absolute atomic E-state index is 12.3. The molecule has 0 aliphatic carbocycles. The highest BCUT2D eigenvalue weighted by molar-refractivity contribution is 5.71. The maximum Gasteiger partial charge on any atom is 0.308 e. The van der Waals surface area contributed by atoms with Crippen molar-refractivity contribution in [2.24, 2.45) is 0 Å². The molecule has 1 fully saturated rings. The molecule has 0 N–H and O–H groups in total. The van der Waals surface area contributed by atoms with Gasteiger partial charge in [-0.3, -0.25) is 9.63 Å². The molecule has 3 rings (SSSR count). The molecule has 0 aromatic heterocycles. The van der Waals surface area contributed by atoms with E-state index in [1.165, 1.54) is 0 Å². The van der Waals surface area contributed by atoms with Crippen molar-refractivity contribution in [2.75, 3.05) is 13.7 Å². The number of carbonyl (C=O) groups is 1. The molecule has 2 atom stereocenters. The lowest BCUT2D eigenvalue weighted by molar-refractivity contribution is -0.181. The molecular formula is C20H23NO3. The van der Waals surface area contributed by atoms with E-state index in [1.54, 1.807) is 0 Å². The number of hydroxylamine groups is 2. The van der Waals surface area contributed by atoms with Crippen LogP contribution in [0.2, 0.25) is 0 Å². The van der Waals surface area contributed by atoms with Crippen LogP contribution in [0.15, 0.2) is 60.7 Å². The van der Waals surface area contributed by atoms with Crippen LogP contribution in [0.4, 0.5) is 0 Å². The van der Waals surface area contributed by atoms with E-state index in [0.717, 1.165) is 11.1 Å². The molecule has 2 aromatic rings. The standard InChI is InChI=1S/C20H23NO3/c1-3-23-19(22)15-20(17-12-8-5-9-13-17)14-18(24-21(20)2)16-10-6-4-7-11-16/h4-13,18H,3,14-15H2,1-2H3/t18-,20+/m0/s1. The van der Waals surface area contributed by atoms with Gasteiger partial charge in [-0.1, -0.05) is 60.7 Å². The van der Waals surface area contributed by atoms with Gasteiger partial charge < -0.3 is 4.74 Å². The Hall–Kier alpha value is -2.17. The summed E-state index contributed by atoms with van der Waals surface area (Å²) in [5.74, 6) is -0.203. The number of benzene rings is 2. The molecule has 0 radical (unpaired) electrons. The largest absolute Gasteiger partial charge is 0.466 e. The first-order valence-electron chi connectivity index (χ1n) is 8.32. The van der Waals surface area contributed by atoms with Gasteiger partial charge in [0.2, 0.25) is 0 Å². The summed E-state index contributed by atoms with van der Waals surface area (Å²) in [4.78, 5) is 18.4. The van der Waals surface area contributed by atoms with Gasteiger partial charge in [0, 0.05) is 13.5 Å². The Morgan fingerprint density at radius 2 is 1.79 bits per heavy atom. The average molecular weight is 325 g/mol. The predicted octanol–water partition coefficient (Wildman–Crippen LogP) is 3.84. The quantitative estimate of drug-likeness (QED) is 0.783. The lowest BCUT2D eigenvalue weighted by Crippen LogP contribution is -2.40. The van der Waals surface area contributed by atoms with Crippen molar-refractivity contribution in [3.05, 3.63) is 71.8 Å². The molecule has 1 aliphatic heterocycles. The zero-order chi connectivity index (χ0) is 17.0. The summed E-state index contributed by atoms with van der Waals surface area (Å²) in [6.45, 7) is 2.21. The molecule has 0 unspecified atom stereocenters. The van der Waals surface area contributed by atoms with Crippen molar-refractivity contribution in [3.63, 3.8) is 0 Å². The lowest BCUT2D eigenvalue weighted by atomic mass is 9.81. The van der Waals surface area contributed by atoms with Gasteiger partial charge in [-0.05, 0) is 18.1 Å². The molecule has 2 aromatic carbocycles. The lowest BCUT2D eigenvalue weighted by Gasteiger charge is -2.33. The van der Waals surface area contributed by atoms with Gasteiger partial charge in [0.25, 0.3) is 0 Å². The number of hydrogen-bond acceptors (Lipinski definition) is 4. The van der Waals surface area contributed by atoms with Gasteiger partial charge >= 0.3 is 5.97 Å². The minimum atomic E-state index is -0.520. The van der Waals surface area contributed by atoms with Crippen molar-refractivity contribution < 1.29 is 14.4 Å². The van der Waals surface area contributed by atoms with E-state index in [-0.39, 0.29) is 18.5 Å². The molecule has 1 aliphatic rings. The fourth-order valence-electron chi connectivity index (χ4n) is 3.40. The monoisotopic (exact) mass is 325 g/mol. The Bertz CT molecular complexity index is 674. The number of carbonyl (C=O) groups excluding carboxylic acids is 1. The Labute approximate surface area is 143 Å². The van der Waals surface area contributed by atoms with Gasteiger partial charge in [-0.2, -0.15) is 5.06 Å². The van der Waals surface area contributed by atoms with Crippen LogP contribution in [-0.2, 0) is 19.9 Å². The third-order valence-electron chi connectivity index (χ3n) is 4.64. The highest BCUT2D eigenvalue weighted by Crippen LogP contribution is 2.47. The summed E-state index contributed by atoms with van der Waals surface area (Å²) < 4.78 is 5.22. The first-order chi connectivity index (χ1) is 11.7. The Kier molecular flexibility index (Phi) is 4.97. The van der Waals surface area contributed by atoms with Crippen molar-refractivity contribution >= 4 is 5.97 Å². The SMILES string of the molecule is CCOC(=O)C[C@@]1(c2ccccc2)C[C@@H](c2ccccc2)ON1C. The summed E-state index contributed by atoms with van der Waals surface area (Å²) in [7, 11) is 1.90. The molecule has 0 spiro atoms. The van der Waals surface area contributed by atoms with Crippen LogP contribution < -0.4 is 0 Å². The molecule has 4 nitrogen and oxygen atoms in total. The zero-order valence-corrected chi connectivity index (χ0v) is 14.1. The zero-order valence-electron chi connectivity index (χ0n) is 14.1. The van der Waals surface area contributed by atoms with E-state index in [0.29, 0.717) is 13.0 Å². The van der Waals surface area contributed by atoms with Gasteiger partial charge in [0.05, 0.1) is 18.6 Å².